The molecule has 0 bridgehead atoms. The first-order valence-electron chi connectivity index (χ1n) is 5.47. The van der Waals surface area contributed by atoms with Crippen molar-refractivity contribution >= 4 is 17.4 Å². The summed E-state index contributed by atoms with van der Waals surface area (Å²) < 4.78 is 7.13. The van der Waals surface area contributed by atoms with Crippen molar-refractivity contribution in [1.82, 2.24) is 19.5 Å². The normalized spacial score (nSPS) is 10.4. The Labute approximate surface area is 110 Å². The van der Waals surface area contributed by atoms with Gasteiger partial charge in [0.15, 0.2) is 16.7 Å². The van der Waals surface area contributed by atoms with Gasteiger partial charge in [-0.25, -0.2) is 15.0 Å². The zero-order valence-corrected chi connectivity index (χ0v) is 11.0. The number of rotatable bonds is 5. The predicted octanol–water partition coefficient (Wildman–Crippen LogP) is 1.53. The second-order valence-electron chi connectivity index (χ2n) is 3.68. The van der Waals surface area contributed by atoms with Crippen molar-refractivity contribution in [3.8, 4) is 5.75 Å². The van der Waals surface area contributed by atoms with E-state index in [1.165, 1.54) is 13.4 Å². The molecule has 0 aromatic carbocycles. The average Bonchev–Trinajstić information content (AvgIpc) is 2.75. The van der Waals surface area contributed by atoms with Gasteiger partial charge in [0.2, 0.25) is 0 Å². The van der Waals surface area contributed by atoms with Crippen molar-refractivity contribution in [2.24, 2.45) is 7.05 Å². The first kappa shape index (κ1) is 12.6. The number of aromatic nitrogens is 4. The number of halogens is 1. The topological polar surface area (TPSA) is 64.9 Å². The van der Waals surface area contributed by atoms with Gasteiger partial charge in [-0.05, 0) is 0 Å². The van der Waals surface area contributed by atoms with E-state index >= 15 is 0 Å². The highest BCUT2D eigenvalue weighted by atomic mass is 35.5. The van der Waals surface area contributed by atoms with E-state index in [1.54, 1.807) is 6.20 Å². The van der Waals surface area contributed by atoms with Crippen molar-refractivity contribution in [3.63, 3.8) is 0 Å². The van der Waals surface area contributed by atoms with Crippen molar-refractivity contribution in [1.29, 1.82) is 0 Å². The maximum absolute atomic E-state index is 5.90. The van der Waals surface area contributed by atoms with E-state index in [1.807, 2.05) is 17.8 Å². The molecule has 0 spiro atoms. The van der Waals surface area contributed by atoms with E-state index in [4.69, 9.17) is 16.3 Å². The summed E-state index contributed by atoms with van der Waals surface area (Å²) in [4.78, 5) is 12.2. The Kier molecular flexibility index (Phi) is 3.99. The number of nitrogens with one attached hydrogen (secondary N) is 1. The molecule has 0 saturated heterocycles. The number of methoxy groups -OCH3 is 1. The van der Waals surface area contributed by atoms with Crippen LogP contribution in [0.4, 0.5) is 5.82 Å². The number of anilines is 1. The summed E-state index contributed by atoms with van der Waals surface area (Å²) in [5.41, 5.74) is 0. The molecule has 2 rings (SSSR count). The molecule has 0 fully saturated rings. The van der Waals surface area contributed by atoms with Crippen LogP contribution < -0.4 is 10.1 Å². The Bertz CT molecular complexity index is 528. The standard InChI is InChI=1S/C11H14ClN5O/c1-17-6-5-13-8(17)3-4-14-11-9(18-2)10(12)15-7-16-11/h5-7H,3-4H2,1-2H3,(H,14,15,16). The molecule has 0 aliphatic carbocycles. The number of ether oxygens (including phenoxy) is 1. The van der Waals surface area contributed by atoms with Crippen LogP contribution in [-0.4, -0.2) is 33.2 Å². The SMILES string of the molecule is COc1c(Cl)ncnc1NCCc1nccn1C. The minimum atomic E-state index is 0.298. The van der Waals surface area contributed by atoms with Gasteiger partial charge in [-0.1, -0.05) is 11.6 Å². The van der Waals surface area contributed by atoms with Crippen LogP contribution >= 0.6 is 11.6 Å². The number of hydrogen-bond donors (Lipinski definition) is 1. The van der Waals surface area contributed by atoms with E-state index in [2.05, 4.69) is 20.3 Å². The summed E-state index contributed by atoms with van der Waals surface area (Å²) in [6.07, 6.45) is 5.87. The van der Waals surface area contributed by atoms with Crippen LogP contribution in [0.25, 0.3) is 0 Å². The monoisotopic (exact) mass is 267 g/mol. The lowest BCUT2D eigenvalue weighted by atomic mass is 10.4. The summed E-state index contributed by atoms with van der Waals surface area (Å²) in [5.74, 6) is 2.05. The molecule has 0 aliphatic heterocycles. The molecule has 0 atom stereocenters. The fraction of sp³-hybridized carbons (Fsp3) is 0.364. The predicted molar refractivity (Wildman–Crippen MR) is 69.0 cm³/mol. The van der Waals surface area contributed by atoms with Gasteiger partial charge in [0, 0.05) is 32.4 Å². The Morgan fingerprint density at radius 2 is 2.22 bits per heavy atom. The van der Waals surface area contributed by atoms with Gasteiger partial charge in [0.05, 0.1) is 7.11 Å². The lowest BCUT2D eigenvalue weighted by Crippen LogP contribution is -2.10. The lowest BCUT2D eigenvalue weighted by molar-refractivity contribution is 0.413. The van der Waals surface area contributed by atoms with Crippen molar-refractivity contribution in [3.05, 3.63) is 29.7 Å². The van der Waals surface area contributed by atoms with Gasteiger partial charge in [-0.2, -0.15) is 0 Å². The fourth-order valence-electron chi connectivity index (χ4n) is 1.59. The molecule has 0 amide bonds. The van der Waals surface area contributed by atoms with Crippen LogP contribution in [0.1, 0.15) is 5.82 Å². The van der Waals surface area contributed by atoms with Crippen LogP contribution in [-0.2, 0) is 13.5 Å². The van der Waals surface area contributed by atoms with Crippen LogP contribution in [0.5, 0.6) is 5.75 Å². The summed E-state index contributed by atoms with van der Waals surface area (Å²) in [6, 6.07) is 0. The molecule has 0 unspecified atom stereocenters. The van der Waals surface area contributed by atoms with Gasteiger partial charge >= 0.3 is 0 Å². The van der Waals surface area contributed by atoms with Crippen LogP contribution in [0.3, 0.4) is 0 Å². The summed E-state index contributed by atoms with van der Waals surface area (Å²) in [7, 11) is 3.50. The molecule has 0 saturated carbocycles. The number of nitrogens with zero attached hydrogens (tertiary/aromatic N) is 4. The number of hydrogen-bond acceptors (Lipinski definition) is 5. The zero-order valence-electron chi connectivity index (χ0n) is 10.2. The van der Waals surface area contributed by atoms with Crippen molar-refractivity contribution in [2.45, 2.75) is 6.42 Å². The van der Waals surface area contributed by atoms with E-state index in [-0.39, 0.29) is 0 Å². The van der Waals surface area contributed by atoms with Crippen LogP contribution in [0.2, 0.25) is 5.15 Å². The third kappa shape index (κ3) is 2.70. The maximum Gasteiger partial charge on any atom is 0.198 e. The Morgan fingerprint density at radius 1 is 1.39 bits per heavy atom. The molecule has 0 radical (unpaired) electrons. The first-order chi connectivity index (χ1) is 8.72. The molecule has 2 aromatic heterocycles. The van der Waals surface area contributed by atoms with Crippen LogP contribution in [0.15, 0.2) is 18.7 Å². The Hall–Kier alpha value is -1.82. The largest absolute Gasteiger partial charge is 0.490 e. The molecule has 0 aliphatic rings. The highest BCUT2D eigenvalue weighted by Gasteiger charge is 2.09. The summed E-state index contributed by atoms with van der Waals surface area (Å²) in [6.45, 7) is 0.689. The third-order valence-electron chi connectivity index (χ3n) is 2.53. The minimum absolute atomic E-state index is 0.298. The van der Waals surface area contributed by atoms with E-state index in [9.17, 15) is 0 Å². The maximum atomic E-state index is 5.90. The molecular formula is C11H14ClN5O. The van der Waals surface area contributed by atoms with Crippen LogP contribution in [0, 0.1) is 0 Å². The second kappa shape index (κ2) is 5.68. The smallest absolute Gasteiger partial charge is 0.198 e. The Balaban J connectivity index is 1.98. The van der Waals surface area contributed by atoms with E-state index < -0.39 is 0 Å². The van der Waals surface area contributed by atoms with Gasteiger partial charge in [-0.15, -0.1) is 0 Å². The summed E-state index contributed by atoms with van der Waals surface area (Å²) >= 11 is 5.90. The molecular weight excluding hydrogens is 254 g/mol. The van der Waals surface area contributed by atoms with Crippen molar-refractivity contribution in [2.75, 3.05) is 19.0 Å². The molecule has 7 heteroatoms. The zero-order chi connectivity index (χ0) is 13.0. The van der Waals surface area contributed by atoms with Crippen molar-refractivity contribution < 1.29 is 4.74 Å². The Morgan fingerprint density at radius 3 is 2.89 bits per heavy atom. The third-order valence-corrected chi connectivity index (χ3v) is 2.80. The summed E-state index contributed by atoms with van der Waals surface area (Å²) in [5, 5.41) is 3.45. The molecule has 6 nitrogen and oxygen atoms in total. The van der Waals surface area contributed by atoms with Gasteiger partial charge in [0.25, 0.3) is 0 Å². The molecule has 18 heavy (non-hydrogen) atoms. The van der Waals surface area contributed by atoms with Gasteiger partial charge in [-0.3, -0.25) is 0 Å². The lowest BCUT2D eigenvalue weighted by Gasteiger charge is -2.10. The molecule has 96 valence electrons. The highest BCUT2D eigenvalue weighted by Crippen LogP contribution is 2.28. The quantitative estimate of drug-likeness (QED) is 0.833. The van der Waals surface area contributed by atoms with Gasteiger partial charge < -0.3 is 14.6 Å². The first-order valence-corrected chi connectivity index (χ1v) is 5.84. The molecule has 1 N–H and O–H groups in total. The number of imidazole rings is 1. The molecule has 2 aromatic rings. The molecule has 2 heterocycles. The second-order valence-corrected chi connectivity index (χ2v) is 4.04. The van der Waals surface area contributed by atoms with E-state index in [0.29, 0.717) is 23.3 Å². The number of aryl methyl sites for hydroxylation is 1. The van der Waals surface area contributed by atoms with Gasteiger partial charge in [0.1, 0.15) is 12.2 Å². The van der Waals surface area contributed by atoms with E-state index in [0.717, 1.165) is 12.2 Å². The minimum Gasteiger partial charge on any atom is -0.490 e. The average molecular weight is 268 g/mol. The highest BCUT2D eigenvalue weighted by molar-refractivity contribution is 6.31. The fourth-order valence-corrected chi connectivity index (χ4v) is 1.80.